The first-order chi connectivity index (χ1) is 9.49. The zero-order chi connectivity index (χ0) is 14.2. The van der Waals surface area contributed by atoms with E-state index < -0.39 is 0 Å². The Hall–Kier alpha value is -0.0800. The van der Waals surface area contributed by atoms with E-state index in [0.29, 0.717) is 5.41 Å². The quantitative estimate of drug-likeness (QED) is 0.841. The van der Waals surface area contributed by atoms with E-state index in [1.165, 1.54) is 64.5 Å². The molecule has 3 aliphatic rings. The van der Waals surface area contributed by atoms with Crippen LogP contribution >= 0.6 is 0 Å². The summed E-state index contributed by atoms with van der Waals surface area (Å²) in [7, 11) is 0. The zero-order valence-corrected chi connectivity index (χ0v) is 13.8. The van der Waals surface area contributed by atoms with Crippen molar-refractivity contribution in [3.05, 3.63) is 0 Å². The Bertz CT molecular complexity index is 308. The van der Waals surface area contributed by atoms with Crippen LogP contribution in [0.25, 0.3) is 0 Å². The van der Waals surface area contributed by atoms with Crippen LogP contribution in [-0.4, -0.2) is 36.1 Å². The van der Waals surface area contributed by atoms with Gasteiger partial charge in [0.1, 0.15) is 0 Å². The highest BCUT2D eigenvalue weighted by Crippen LogP contribution is 2.35. The summed E-state index contributed by atoms with van der Waals surface area (Å²) >= 11 is 0. The molecular weight excluding hydrogens is 244 g/mol. The molecule has 1 aliphatic heterocycles. The van der Waals surface area contributed by atoms with Crippen molar-refractivity contribution in [2.24, 2.45) is 11.3 Å². The molecule has 3 fully saturated rings. The van der Waals surface area contributed by atoms with Gasteiger partial charge in [0.2, 0.25) is 0 Å². The third kappa shape index (κ3) is 4.21. The molecule has 0 radical (unpaired) electrons. The van der Waals surface area contributed by atoms with Crippen LogP contribution in [0.2, 0.25) is 0 Å². The second-order valence-electron chi connectivity index (χ2n) is 8.90. The number of rotatable bonds is 4. The van der Waals surface area contributed by atoms with Gasteiger partial charge in [0.15, 0.2) is 0 Å². The maximum absolute atomic E-state index is 4.00. The van der Waals surface area contributed by atoms with E-state index in [0.717, 1.165) is 24.0 Å². The summed E-state index contributed by atoms with van der Waals surface area (Å²) in [6.45, 7) is 9.90. The Morgan fingerprint density at radius 3 is 2.25 bits per heavy atom. The molecule has 2 nitrogen and oxygen atoms in total. The zero-order valence-electron chi connectivity index (χ0n) is 13.8. The fourth-order valence-corrected chi connectivity index (χ4v) is 4.54. The van der Waals surface area contributed by atoms with Crippen LogP contribution < -0.4 is 5.32 Å². The van der Waals surface area contributed by atoms with E-state index in [2.05, 4.69) is 31.0 Å². The average molecular weight is 278 g/mol. The van der Waals surface area contributed by atoms with Crippen molar-refractivity contribution in [3.63, 3.8) is 0 Å². The molecule has 1 N–H and O–H groups in total. The molecule has 0 aromatic carbocycles. The van der Waals surface area contributed by atoms with Gasteiger partial charge in [0.25, 0.3) is 0 Å². The number of nitrogens with one attached hydrogen (secondary N) is 1. The van der Waals surface area contributed by atoms with Crippen LogP contribution in [0.3, 0.4) is 0 Å². The van der Waals surface area contributed by atoms with Crippen molar-refractivity contribution in [3.8, 4) is 0 Å². The Morgan fingerprint density at radius 2 is 1.65 bits per heavy atom. The molecule has 0 bridgehead atoms. The summed E-state index contributed by atoms with van der Waals surface area (Å²) in [5, 5.41) is 4.00. The second kappa shape index (κ2) is 5.96. The lowest BCUT2D eigenvalue weighted by molar-refractivity contribution is 0.103. The smallest absolute Gasteiger partial charge is 0.0200 e. The Morgan fingerprint density at radius 1 is 0.950 bits per heavy atom. The lowest BCUT2D eigenvalue weighted by Gasteiger charge is -2.41. The molecule has 0 spiro atoms. The normalized spacial score (nSPS) is 33.8. The largest absolute Gasteiger partial charge is 0.310 e. The van der Waals surface area contributed by atoms with E-state index in [1.54, 1.807) is 0 Å². The van der Waals surface area contributed by atoms with Crippen LogP contribution in [0.4, 0.5) is 0 Å². The van der Waals surface area contributed by atoms with Gasteiger partial charge in [-0.15, -0.1) is 0 Å². The maximum atomic E-state index is 4.00. The third-order valence-electron chi connectivity index (χ3n) is 5.36. The number of hydrogen-bond acceptors (Lipinski definition) is 2. The van der Waals surface area contributed by atoms with Gasteiger partial charge in [-0.25, -0.2) is 0 Å². The van der Waals surface area contributed by atoms with Gasteiger partial charge < -0.3 is 5.32 Å². The molecule has 2 atom stereocenters. The topological polar surface area (TPSA) is 15.3 Å². The van der Waals surface area contributed by atoms with Gasteiger partial charge in [-0.2, -0.15) is 0 Å². The molecule has 0 aromatic rings. The standard InChI is InChI=1S/C18H34N2/c1-18(2,3)11-14-10-16(19-15-6-4-5-7-15)13-20(12-14)17-8-9-17/h14-17,19H,4-13H2,1-3H3. The summed E-state index contributed by atoms with van der Waals surface area (Å²) in [6.07, 6.45) is 11.4. The van der Waals surface area contributed by atoms with Crippen LogP contribution in [0, 0.1) is 11.3 Å². The van der Waals surface area contributed by atoms with E-state index in [-0.39, 0.29) is 0 Å². The van der Waals surface area contributed by atoms with Crippen molar-refractivity contribution in [2.75, 3.05) is 13.1 Å². The molecule has 2 heteroatoms. The summed E-state index contributed by atoms with van der Waals surface area (Å²) < 4.78 is 0. The fraction of sp³-hybridized carbons (Fsp3) is 1.00. The predicted molar refractivity (Wildman–Crippen MR) is 86.0 cm³/mol. The molecule has 1 saturated heterocycles. The van der Waals surface area contributed by atoms with Gasteiger partial charge in [0, 0.05) is 31.2 Å². The van der Waals surface area contributed by atoms with E-state index in [9.17, 15) is 0 Å². The van der Waals surface area contributed by atoms with Gasteiger partial charge in [-0.1, -0.05) is 33.6 Å². The van der Waals surface area contributed by atoms with Crippen LogP contribution in [0.15, 0.2) is 0 Å². The summed E-state index contributed by atoms with van der Waals surface area (Å²) in [6, 6.07) is 2.53. The molecule has 3 rings (SSSR count). The van der Waals surface area contributed by atoms with E-state index >= 15 is 0 Å². The Balaban J connectivity index is 1.57. The summed E-state index contributed by atoms with van der Waals surface area (Å²) in [4.78, 5) is 2.81. The monoisotopic (exact) mass is 278 g/mol. The highest BCUT2D eigenvalue weighted by molar-refractivity contribution is 4.94. The van der Waals surface area contributed by atoms with Crippen molar-refractivity contribution >= 4 is 0 Å². The molecule has 20 heavy (non-hydrogen) atoms. The number of piperidine rings is 1. The molecule has 1 heterocycles. The molecule has 2 saturated carbocycles. The molecule has 0 amide bonds. The third-order valence-corrected chi connectivity index (χ3v) is 5.36. The highest BCUT2D eigenvalue weighted by Gasteiger charge is 2.37. The van der Waals surface area contributed by atoms with Gasteiger partial charge >= 0.3 is 0 Å². The van der Waals surface area contributed by atoms with Gasteiger partial charge in [-0.05, 0) is 49.9 Å². The number of hydrogen-bond donors (Lipinski definition) is 1. The first-order valence-electron chi connectivity index (χ1n) is 9.00. The predicted octanol–water partition coefficient (Wildman–Crippen LogP) is 3.81. The number of likely N-dealkylation sites (tertiary alicyclic amines) is 1. The van der Waals surface area contributed by atoms with Crippen molar-refractivity contribution in [1.29, 1.82) is 0 Å². The van der Waals surface area contributed by atoms with E-state index in [4.69, 9.17) is 0 Å². The first kappa shape index (κ1) is 14.8. The van der Waals surface area contributed by atoms with Gasteiger partial charge in [0.05, 0.1) is 0 Å². The van der Waals surface area contributed by atoms with E-state index in [1.807, 2.05) is 0 Å². The molecule has 2 aliphatic carbocycles. The van der Waals surface area contributed by atoms with Crippen LogP contribution in [0.5, 0.6) is 0 Å². The lowest BCUT2D eigenvalue weighted by Crippen LogP contribution is -2.52. The van der Waals surface area contributed by atoms with Crippen molar-refractivity contribution in [2.45, 2.75) is 90.3 Å². The highest BCUT2D eigenvalue weighted by atomic mass is 15.2. The van der Waals surface area contributed by atoms with Crippen LogP contribution in [-0.2, 0) is 0 Å². The maximum Gasteiger partial charge on any atom is 0.0200 e. The van der Waals surface area contributed by atoms with Crippen LogP contribution in [0.1, 0.15) is 72.1 Å². The first-order valence-corrected chi connectivity index (χ1v) is 9.00. The average Bonchev–Trinajstić information content (AvgIpc) is 3.07. The van der Waals surface area contributed by atoms with Gasteiger partial charge in [-0.3, -0.25) is 4.90 Å². The molecule has 116 valence electrons. The molecular formula is C18H34N2. The number of nitrogens with zero attached hydrogens (tertiary/aromatic N) is 1. The minimum absolute atomic E-state index is 0.481. The summed E-state index contributed by atoms with van der Waals surface area (Å²) in [5.74, 6) is 0.906. The molecule has 2 unspecified atom stereocenters. The lowest BCUT2D eigenvalue weighted by atomic mass is 9.80. The Labute approximate surface area is 125 Å². The minimum Gasteiger partial charge on any atom is -0.310 e. The summed E-state index contributed by atoms with van der Waals surface area (Å²) in [5.41, 5.74) is 0.481. The minimum atomic E-state index is 0.481. The van der Waals surface area contributed by atoms with Crippen molar-refractivity contribution < 1.29 is 0 Å². The Kier molecular flexibility index (Phi) is 4.42. The fourth-order valence-electron chi connectivity index (χ4n) is 4.54. The second-order valence-corrected chi connectivity index (χ2v) is 8.90. The SMILES string of the molecule is CC(C)(C)CC1CC(NC2CCCC2)CN(C2CC2)C1. The van der Waals surface area contributed by atoms with Crippen molar-refractivity contribution in [1.82, 2.24) is 10.2 Å². The molecule has 0 aromatic heterocycles.